The Hall–Kier alpha value is -0.800. The molecule has 1 heterocycles. The van der Waals surface area contributed by atoms with E-state index in [0.717, 1.165) is 25.3 Å². The Bertz CT molecular complexity index is 279. The average Bonchev–Trinajstić information content (AvgIpc) is 2.83. The summed E-state index contributed by atoms with van der Waals surface area (Å²) >= 11 is 0. The fourth-order valence-electron chi connectivity index (χ4n) is 2.36. The summed E-state index contributed by atoms with van der Waals surface area (Å²) in [6, 6.07) is 0. The summed E-state index contributed by atoms with van der Waals surface area (Å²) < 4.78 is 10.9. The van der Waals surface area contributed by atoms with Crippen molar-refractivity contribution in [2.75, 3.05) is 27.3 Å². The number of allylic oxidation sites excluding steroid dienone is 1. The molecule has 2 rings (SSSR count). The maximum atomic E-state index is 5.69. The Morgan fingerprint density at radius 1 is 1.27 bits per heavy atom. The van der Waals surface area contributed by atoms with Gasteiger partial charge in [-0.1, -0.05) is 0 Å². The Morgan fingerprint density at radius 2 is 2.00 bits per heavy atom. The molecule has 1 aliphatic carbocycles. The maximum absolute atomic E-state index is 5.69. The molecule has 1 atom stereocenters. The van der Waals surface area contributed by atoms with E-state index in [1.165, 1.54) is 12.8 Å². The third-order valence-electron chi connectivity index (χ3n) is 3.33. The number of hydrogen-bond donors (Lipinski definition) is 0. The van der Waals surface area contributed by atoms with Gasteiger partial charge in [0.1, 0.15) is 11.5 Å². The van der Waals surface area contributed by atoms with Crippen LogP contribution < -0.4 is 0 Å². The normalized spacial score (nSPS) is 31.7. The van der Waals surface area contributed by atoms with E-state index in [2.05, 4.69) is 17.1 Å². The molecular formula is C12H19NO2. The molecule has 0 saturated carbocycles. The van der Waals surface area contributed by atoms with E-state index in [9.17, 15) is 0 Å². The lowest BCUT2D eigenvalue weighted by Crippen LogP contribution is -2.47. The number of rotatable bonds is 3. The second-order valence-corrected chi connectivity index (χ2v) is 4.09. The summed E-state index contributed by atoms with van der Waals surface area (Å²) in [5, 5.41) is 0. The molecule has 0 N–H and O–H groups in total. The Labute approximate surface area is 91.3 Å². The average molecular weight is 209 g/mol. The maximum Gasteiger partial charge on any atom is 0.144 e. The van der Waals surface area contributed by atoms with Gasteiger partial charge in [0.2, 0.25) is 0 Å². The highest BCUT2D eigenvalue weighted by Crippen LogP contribution is 2.31. The predicted octanol–water partition coefficient (Wildman–Crippen LogP) is 1.92. The molecule has 0 spiro atoms. The van der Waals surface area contributed by atoms with Crippen LogP contribution in [0.2, 0.25) is 0 Å². The number of methoxy groups -OCH3 is 2. The SMILES string of the molecule is COC1=CCC(OC)(N2CCCC2)C=C1. The standard InChI is InChI=1S/C12H19NO2/c1-14-11-5-7-12(15-2,8-6-11)13-9-3-4-10-13/h5-7H,3-4,8-10H2,1-2H3. The lowest BCUT2D eigenvalue weighted by atomic mass is 10.0. The summed E-state index contributed by atoms with van der Waals surface area (Å²) in [4.78, 5) is 2.41. The highest BCUT2D eigenvalue weighted by molar-refractivity contribution is 5.23. The van der Waals surface area contributed by atoms with E-state index in [1.54, 1.807) is 14.2 Å². The summed E-state index contributed by atoms with van der Waals surface area (Å²) in [6.45, 7) is 2.27. The highest BCUT2D eigenvalue weighted by Gasteiger charge is 2.36. The van der Waals surface area contributed by atoms with Gasteiger partial charge in [-0.15, -0.1) is 0 Å². The molecule has 15 heavy (non-hydrogen) atoms. The lowest BCUT2D eigenvalue weighted by Gasteiger charge is -2.39. The largest absolute Gasteiger partial charge is 0.497 e. The van der Waals surface area contributed by atoms with Crippen molar-refractivity contribution in [2.45, 2.75) is 25.0 Å². The van der Waals surface area contributed by atoms with Crippen molar-refractivity contribution in [1.82, 2.24) is 4.90 Å². The van der Waals surface area contributed by atoms with E-state index in [0.29, 0.717) is 0 Å². The van der Waals surface area contributed by atoms with Crippen LogP contribution in [0.4, 0.5) is 0 Å². The van der Waals surface area contributed by atoms with Crippen LogP contribution in [0.25, 0.3) is 0 Å². The highest BCUT2D eigenvalue weighted by atomic mass is 16.5. The van der Waals surface area contributed by atoms with Crippen LogP contribution in [0.1, 0.15) is 19.3 Å². The van der Waals surface area contributed by atoms with Gasteiger partial charge in [-0.05, 0) is 31.1 Å². The third kappa shape index (κ3) is 1.94. The first kappa shape index (κ1) is 10.7. The van der Waals surface area contributed by atoms with Crippen LogP contribution in [0, 0.1) is 0 Å². The van der Waals surface area contributed by atoms with Crippen molar-refractivity contribution in [1.29, 1.82) is 0 Å². The van der Waals surface area contributed by atoms with Crippen LogP contribution in [0.15, 0.2) is 24.0 Å². The number of hydrogen-bond acceptors (Lipinski definition) is 3. The van der Waals surface area contributed by atoms with Crippen molar-refractivity contribution in [3.8, 4) is 0 Å². The molecule has 1 aliphatic heterocycles. The zero-order valence-corrected chi connectivity index (χ0v) is 9.53. The quantitative estimate of drug-likeness (QED) is 0.708. The first-order valence-corrected chi connectivity index (χ1v) is 5.54. The van der Waals surface area contributed by atoms with Crippen molar-refractivity contribution in [2.24, 2.45) is 0 Å². The van der Waals surface area contributed by atoms with Gasteiger partial charge in [0.15, 0.2) is 0 Å². The van der Waals surface area contributed by atoms with E-state index in [4.69, 9.17) is 9.47 Å². The van der Waals surface area contributed by atoms with Crippen molar-refractivity contribution in [3.05, 3.63) is 24.0 Å². The summed E-state index contributed by atoms with van der Waals surface area (Å²) in [5.41, 5.74) is -0.224. The molecule has 0 bridgehead atoms. The van der Waals surface area contributed by atoms with Gasteiger partial charge < -0.3 is 9.47 Å². The van der Waals surface area contributed by atoms with E-state index >= 15 is 0 Å². The third-order valence-corrected chi connectivity index (χ3v) is 3.33. The van der Waals surface area contributed by atoms with Gasteiger partial charge in [-0.3, -0.25) is 4.90 Å². The van der Waals surface area contributed by atoms with Crippen LogP contribution in [-0.4, -0.2) is 37.9 Å². The monoisotopic (exact) mass is 209 g/mol. The predicted molar refractivity (Wildman–Crippen MR) is 59.4 cm³/mol. The molecule has 1 unspecified atom stereocenters. The minimum Gasteiger partial charge on any atom is -0.497 e. The molecule has 0 aromatic heterocycles. The lowest BCUT2D eigenvalue weighted by molar-refractivity contribution is -0.0875. The summed E-state index contributed by atoms with van der Waals surface area (Å²) in [6.07, 6.45) is 9.66. The number of ether oxygens (including phenoxy) is 2. The molecule has 84 valence electrons. The van der Waals surface area contributed by atoms with Crippen LogP contribution in [0.3, 0.4) is 0 Å². The van der Waals surface area contributed by atoms with Crippen molar-refractivity contribution in [3.63, 3.8) is 0 Å². The minimum absolute atomic E-state index is 0.224. The molecule has 0 aromatic rings. The second-order valence-electron chi connectivity index (χ2n) is 4.09. The van der Waals surface area contributed by atoms with Gasteiger partial charge >= 0.3 is 0 Å². The molecule has 0 radical (unpaired) electrons. The van der Waals surface area contributed by atoms with Crippen LogP contribution in [-0.2, 0) is 9.47 Å². The summed E-state index contributed by atoms with van der Waals surface area (Å²) in [7, 11) is 3.49. The molecule has 3 nitrogen and oxygen atoms in total. The van der Waals surface area contributed by atoms with Crippen LogP contribution >= 0.6 is 0 Å². The molecule has 3 heteroatoms. The van der Waals surface area contributed by atoms with Crippen molar-refractivity contribution < 1.29 is 9.47 Å². The first-order valence-electron chi connectivity index (χ1n) is 5.54. The molecular weight excluding hydrogens is 190 g/mol. The van der Waals surface area contributed by atoms with E-state index < -0.39 is 0 Å². The van der Waals surface area contributed by atoms with Gasteiger partial charge in [-0.2, -0.15) is 0 Å². The molecule has 0 amide bonds. The van der Waals surface area contributed by atoms with Gasteiger partial charge in [0, 0.05) is 26.6 Å². The fraction of sp³-hybridized carbons (Fsp3) is 0.667. The van der Waals surface area contributed by atoms with Gasteiger partial charge in [0.05, 0.1) is 7.11 Å². The molecule has 0 aromatic carbocycles. The molecule has 1 fully saturated rings. The van der Waals surface area contributed by atoms with Gasteiger partial charge in [0.25, 0.3) is 0 Å². The fourth-order valence-corrected chi connectivity index (χ4v) is 2.36. The number of nitrogens with zero attached hydrogens (tertiary/aromatic N) is 1. The van der Waals surface area contributed by atoms with Crippen LogP contribution in [0.5, 0.6) is 0 Å². The smallest absolute Gasteiger partial charge is 0.144 e. The van der Waals surface area contributed by atoms with Crippen molar-refractivity contribution >= 4 is 0 Å². The zero-order valence-electron chi connectivity index (χ0n) is 9.53. The Kier molecular flexibility index (Phi) is 3.12. The van der Waals surface area contributed by atoms with Gasteiger partial charge in [-0.25, -0.2) is 0 Å². The zero-order chi connectivity index (χ0) is 10.7. The summed E-state index contributed by atoms with van der Waals surface area (Å²) in [5.74, 6) is 0.932. The second kappa shape index (κ2) is 4.37. The Morgan fingerprint density at radius 3 is 2.47 bits per heavy atom. The van der Waals surface area contributed by atoms with E-state index in [1.807, 2.05) is 6.08 Å². The topological polar surface area (TPSA) is 21.7 Å². The molecule has 2 aliphatic rings. The number of likely N-dealkylation sites (tertiary alicyclic amines) is 1. The first-order chi connectivity index (χ1) is 7.30. The minimum atomic E-state index is -0.224. The Balaban J connectivity index is 2.11. The van der Waals surface area contributed by atoms with E-state index in [-0.39, 0.29) is 5.72 Å². The molecule has 1 saturated heterocycles.